The van der Waals surface area contributed by atoms with Crippen molar-refractivity contribution in [1.82, 2.24) is 0 Å². The van der Waals surface area contributed by atoms with E-state index < -0.39 is 17.1 Å². The number of rotatable bonds is 1. The minimum absolute atomic E-state index is 0.146. The van der Waals surface area contributed by atoms with Crippen LogP contribution in [0.25, 0.3) is 0 Å². The van der Waals surface area contributed by atoms with Crippen LogP contribution in [0.1, 0.15) is 30.4 Å². The standard InChI is InChI=1S/C19H23NO4/c1-20(2)9-8-18-15-11-4-5-12(21)16(15)24-17(18)13(22)6-7-19(18,23-3)14(20)10-11/h4-5,14,17H,6-10H2,1-3H3/p+1/t14-,17+,18+,19-/m1/s1. The molecule has 24 heavy (non-hydrogen) atoms. The first kappa shape index (κ1) is 14.7. The maximum Gasteiger partial charge on any atom is 0.174 e. The number of quaternary nitrogens is 1. The van der Waals surface area contributed by atoms with Crippen LogP contribution in [-0.2, 0) is 21.4 Å². The Kier molecular flexibility index (Phi) is 2.54. The van der Waals surface area contributed by atoms with Crippen molar-refractivity contribution in [2.24, 2.45) is 0 Å². The van der Waals surface area contributed by atoms with Gasteiger partial charge < -0.3 is 19.1 Å². The summed E-state index contributed by atoms with van der Waals surface area (Å²) in [4.78, 5) is 12.8. The molecule has 5 nitrogen and oxygen atoms in total. The molecule has 1 N–H and O–H groups in total. The second kappa shape index (κ2) is 4.14. The summed E-state index contributed by atoms with van der Waals surface area (Å²) in [7, 11) is 6.33. The number of hydrogen-bond acceptors (Lipinski definition) is 4. The SMILES string of the molecule is CO[C@@]12CCC(=O)[C@@H]3Oc4c(O)ccc5c4[C@@]31CC[N+](C)(C)[C@@H]2C5. The molecule has 2 aliphatic heterocycles. The van der Waals surface area contributed by atoms with Gasteiger partial charge in [0.25, 0.3) is 0 Å². The molecule has 1 aromatic carbocycles. The van der Waals surface area contributed by atoms with E-state index in [1.54, 1.807) is 13.2 Å². The highest BCUT2D eigenvalue weighted by Crippen LogP contribution is 2.66. The van der Waals surface area contributed by atoms with E-state index in [1.165, 1.54) is 5.56 Å². The lowest BCUT2D eigenvalue weighted by Crippen LogP contribution is -2.80. The number of aromatic hydroxyl groups is 1. The Morgan fingerprint density at radius 2 is 2.12 bits per heavy atom. The highest BCUT2D eigenvalue weighted by Gasteiger charge is 2.76. The maximum absolute atomic E-state index is 12.8. The van der Waals surface area contributed by atoms with Crippen molar-refractivity contribution in [2.45, 2.75) is 48.8 Å². The number of ketones is 1. The molecule has 5 heteroatoms. The molecule has 1 spiro atoms. The number of phenolic OH excluding ortho intramolecular Hbond substituents is 1. The molecule has 128 valence electrons. The molecule has 2 fully saturated rings. The van der Waals surface area contributed by atoms with Crippen LogP contribution >= 0.6 is 0 Å². The van der Waals surface area contributed by atoms with Crippen LogP contribution < -0.4 is 4.74 Å². The van der Waals surface area contributed by atoms with Crippen molar-refractivity contribution in [3.05, 3.63) is 23.3 Å². The number of carbonyl (C=O) groups is 1. The summed E-state index contributed by atoms with van der Waals surface area (Å²) in [5, 5.41) is 10.4. The first-order chi connectivity index (χ1) is 11.4. The second-order valence-electron chi connectivity index (χ2n) is 8.45. The molecule has 0 unspecified atom stereocenters. The molecule has 0 radical (unpaired) electrons. The Morgan fingerprint density at radius 1 is 1.33 bits per heavy atom. The van der Waals surface area contributed by atoms with Gasteiger partial charge in [0.15, 0.2) is 23.4 Å². The molecular formula is C19H24NO4+. The minimum atomic E-state index is -0.517. The van der Waals surface area contributed by atoms with Crippen molar-refractivity contribution in [1.29, 1.82) is 0 Å². The van der Waals surface area contributed by atoms with Crippen molar-refractivity contribution in [2.75, 3.05) is 27.7 Å². The zero-order valence-corrected chi connectivity index (χ0v) is 14.5. The molecule has 1 aromatic rings. The summed E-state index contributed by atoms with van der Waals surface area (Å²) in [6, 6.07) is 4.01. The normalized spacial score (nSPS) is 40.9. The first-order valence-electron chi connectivity index (χ1n) is 8.80. The van der Waals surface area contributed by atoms with Crippen LogP contribution in [0.2, 0.25) is 0 Å². The van der Waals surface area contributed by atoms with E-state index in [4.69, 9.17) is 9.47 Å². The number of nitrogens with zero attached hydrogens (tertiary/aromatic N) is 1. The lowest BCUT2D eigenvalue weighted by molar-refractivity contribution is -0.931. The van der Waals surface area contributed by atoms with Crippen LogP contribution in [0.15, 0.2) is 12.1 Å². The minimum Gasteiger partial charge on any atom is -0.504 e. The lowest BCUT2D eigenvalue weighted by atomic mass is 9.48. The van der Waals surface area contributed by atoms with Gasteiger partial charge >= 0.3 is 0 Å². The number of phenols is 1. The fraction of sp³-hybridized carbons (Fsp3) is 0.632. The Hall–Kier alpha value is -1.59. The summed E-state index contributed by atoms with van der Waals surface area (Å²) < 4.78 is 13.3. The Labute approximate surface area is 141 Å². The number of methoxy groups -OCH3 is 1. The Balaban J connectivity index is 1.89. The van der Waals surface area contributed by atoms with Crippen molar-refractivity contribution < 1.29 is 23.9 Å². The smallest absolute Gasteiger partial charge is 0.174 e. The van der Waals surface area contributed by atoms with E-state index in [0.29, 0.717) is 18.2 Å². The first-order valence-corrected chi connectivity index (χ1v) is 8.80. The molecule has 0 amide bonds. The van der Waals surface area contributed by atoms with Gasteiger partial charge in [-0.2, -0.15) is 0 Å². The Bertz CT molecular complexity index is 773. The monoisotopic (exact) mass is 330 g/mol. The second-order valence-corrected chi connectivity index (χ2v) is 8.45. The van der Waals surface area contributed by atoms with E-state index in [-0.39, 0.29) is 11.5 Å². The molecule has 2 aliphatic carbocycles. The van der Waals surface area contributed by atoms with Gasteiger partial charge in [0.2, 0.25) is 0 Å². The van der Waals surface area contributed by atoms with Gasteiger partial charge in [-0.3, -0.25) is 4.79 Å². The Morgan fingerprint density at radius 3 is 2.88 bits per heavy atom. The van der Waals surface area contributed by atoms with E-state index >= 15 is 0 Å². The largest absolute Gasteiger partial charge is 0.504 e. The van der Waals surface area contributed by atoms with Crippen LogP contribution in [0.5, 0.6) is 11.5 Å². The number of carbonyl (C=O) groups excluding carboxylic acids is 1. The number of ether oxygens (including phenoxy) is 2. The number of piperidine rings is 1. The number of hydrogen-bond donors (Lipinski definition) is 1. The third kappa shape index (κ3) is 1.32. The summed E-state index contributed by atoms with van der Waals surface area (Å²) in [6.07, 6.45) is 2.46. The summed E-state index contributed by atoms with van der Waals surface area (Å²) in [6.45, 7) is 0.984. The van der Waals surface area contributed by atoms with Crippen LogP contribution in [0, 0.1) is 0 Å². The van der Waals surface area contributed by atoms with E-state index in [2.05, 4.69) is 14.1 Å². The van der Waals surface area contributed by atoms with Crippen molar-refractivity contribution >= 4 is 5.78 Å². The summed E-state index contributed by atoms with van der Waals surface area (Å²) in [5.41, 5.74) is 1.42. The number of Topliss-reactive ketones (excluding diaryl/α,β-unsaturated/α-hetero) is 1. The van der Waals surface area contributed by atoms with E-state index in [1.807, 2.05) is 6.07 Å². The zero-order chi connectivity index (χ0) is 16.9. The topological polar surface area (TPSA) is 55.8 Å². The fourth-order valence-corrected chi connectivity index (χ4v) is 6.33. The van der Waals surface area contributed by atoms with Gasteiger partial charge in [-0.25, -0.2) is 0 Å². The average Bonchev–Trinajstić information content (AvgIpc) is 2.92. The predicted octanol–water partition coefficient (Wildman–Crippen LogP) is 1.54. The molecule has 0 aromatic heterocycles. The zero-order valence-electron chi connectivity index (χ0n) is 14.5. The van der Waals surface area contributed by atoms with Gasteiger partial charge in [-0.15, -0.1) is 0 Å². The maximum atomic E-state index is 12.8. The number of benzene rings is 1. The summed E-state index contributed by atoms with van der Waals surface area (Å²) in [5.74, 6) is 0.824. The van der Waals surface area contributed by atoms with Crippen molar-refractivity contribution in [3.63, 3.8) is 0 Å². The van der Waals surface area contributed by atoms with Gasteiger partial charge in [0, 0.05) is 31.9 Å². The highest BCUT2D eigenvalue weighted by molar-refractivity contribution is 5.90. The van der Waals surface area contributed by atoms with E-state index in [9.17, 15) is 9.90 Å². The average molecular weight is 330 g/mol. The van der Waals surface area contributed by atoms with Gasteiger partial charge in [0.1, 0.15) is 11.6 Å². The lowest BCUT2D eigenvalue weighted by Gasteiger charge is -2.64. The van der Waals surface area contributed by atoms with E-state index in [0.717, 1.165) is 35.9 Å². The van der Waals surface area contributed by atoms with Gasteiger partial charge in [0.05, 0.1) is 26.1 Å². The third-order valence-electron chi connectivity index (χ3n) is 7.38. The third-order valence-corrected chi connectivity index (χ3v) is 7.38. The van der Waals surface area contributed by atoms with Crippen LogP contribution in [-0.4, -0.2) is 60.9 Å². The molecule has 2 heterocycles. The highest BCUT2D eigenvalue weighted by atomic mass is 16.5. The quantitative estimate of drug-likeness (QED) is 0.794. The molecule has 4 aliphatic rings. The van der Waals surface area contributed by atoms with Crippen LogP contribution in [0.3, 0.4) is 0 Å². The molecule has 5 rings (SSSR count). The fourth-order valence-electron chi connectivity index (χ4n) is 6.33. The predicted molar refractivity (Wildman–Crippen MR) is 87.3 cm³/mol. The van der Waals surface area contributed by atoms with Crippen molar-refractivity contribution in [3.8, 4) is 11.5 Å². The van der Waals surface area contributed by atoms with Gasteiger partial charge in [-0.05, 0) is 18.1 Å². The molecule has 2 bridgehead atoms. The summed E-state index contributed by atoms with van der Waals surface area (Å²) >= 11 is 0. The molecule has 1 saturated heterocycles. The van der Waals surface area contributed by atoms with Crippen LogP contribution in [0.4, 0.5) is 0 Å². The molecule has 4 atom stereocenters. The molecular weight excluding hydrogens is 306 g/mol. The number of likely N-dealkylation sites (tertiary alicyclic amines) is 1. The number of likely N-dealkylation sites (N-methyl/N-ethyl adjacent to an activating group) is 1. The van der Waals surface area contributed by atoms with Gasteiger partial charge in [-0.1, -0.05) is 6.07 Å². The molecule has 1 saturated carbocycles.